The van der Waals surface area contributed by atoms with Gasteiger partial charge in [0.15, 0.2) is 0 Å². The van der Waals surface area contributed by atoms with Crippen molar-refractivity contribution in [1.82, 2.24) is 0 Å². The second kappa shape index (κ2) is 5.48. The van der Waals surface area contributed by atoms with Gasteiger partial charge in [-0.3, -0.25) is 0 Å². The highest BCUT2D eigenvalue weighted by molar-refractivity contribution is 9.10. The first-order valence-electron chi connectivity index (χ1n) is 6.84. The fourth-order valence-electron chi connectivity index (χ4n) is 2.86. The summed E-state index contributed by atoms with van der Waals surface area (Å²) in [4.78, 5) is 0. The van der Waals surface area contributed by atoms with E-state index in [1.54, 1.807) is 0 Å². The zero-order valence-corrected chi connectivity index (χ0v) is 12.5. The number of nitrogens with two attached hydrogens (primary N) is 1. The van der Waals surface area contributed by atoms with Crippen molar-refractivity contribution in [3.8, 4) is 0 Å². The Labute approximate surface area is 123 Å². The Balaban J connectivity index is 1.78. The quantitative estimate of drug-likeness (QED) is 0.903. The molecule has 0 aliphatic heterocycles. The van der Waals surface area contributed by atoms with Crippen molar-refractivity contribution in [1.29, 1.82) is 0 Å². The number of benzene rings is 2. The van der Waals surface area contributed by atoms with Gasteiger partial charge in [-0.2, -0.15) is 0 Å². The van der Waals surface area contributed by atoms with Crippen LogP contribution in [0.2, 0.25) is 0 Å². The molecule has 0 saturated heterocycles. The summed E-state index contributed by atoms with van der Waals surface area (Å²) in [5, 5.41) is 0. The molecule has 2 N–H and O–H groups in total. The molecule has 98 valence electrons. The molecule has 0 aromatic heterocycles. The van der Waals surface area contributed by atoms with Gasteiger partial charge in [0.25, 0.3) is 0 Å². The van der Waals surface area contributed by atoms with E-state index >= 15 is 0 Å². The lowest BCUT2D eigenvalue weighted by atomic mass is 9.97. The normalized spacial score (nSPS) is 15.3. The van der Waals surface area contributed by atoms with Crippen molar-refractivity contribution in [2.75, 3.05) is 0 Å². The van der Waals surface area contributed by atoms with E-state index in [4.69, 9.17) is 5.73 Å². The van der Waals surface area contributed by atoms with Gasteiger partial charge < -0.3 is 5.73 Å². The summed E-state index contributed by atoms with van der Waals surface area (Å²) >= 11 is 3.51. The molecule has 0 fully saturated rings. The Morgan fingerprint density at radius 1 is 1.05 bits per heavy atom. The predicted octanol–water partition coefficient (Wildman–Crippen LogP) is 4.18. The summed E-state index contributed by atoms with van der Waals surface area (Å²) in [6.07, 6.45) is 4.63. The van der Waals surface area contributed by atoms with Crippen LogP contribution in [0.3, 0.4) is 0 Å². The summed E-state index contributed by atoms with van der Waals surface area (Å²) in [5.74, 6) is 0. The van der Waals surface area contributed by atoms with Crippen LogP contribution in [0.4, 0.5) is 0 Å². The predicted molar refractivity (Wildman–Crippen MR) is 83.2 cm³/mol. The molecule has 0 spiro atoms. The first kappa shape index (κ1) is 12.9. The summed E-state index contributed by atoms with van der Waals surface area (Å²) in [7, 11) is 0. The average Bonchev–Trinajstić information content (AvgIpc) is 2.85. The van der Waals surface area contributed by atoms with Crippen molar-refractivity contribution < 1.29 is 0 Å². The Morgan fingerprint density at radius 2 is 1.89 bits per heavy atom. The van der Waals surface area contributed by atoms with Crippen molar-refractivity contribution >= 4 is 15.9 Å². The maximum Gasteiger partial charge on any atom is 0.0335 e. The van der Waals surface area contributed by atoms with Crippen LogP contribution in [0.15, 0.2) is 46.9 Å². The number of halogens is 1. The number of hydrogen-bond acceptors (Lipinski definition) is 1. The SMILES string of the molecule is NC(Cc1cccc(Br)c1)c1ccc2c(c1)CCC2. The Kier molecular flexibility index (Phi) is 3.72. The van der Waals surface area contributed by atoms with Gasteiger partial charge in [-0.25, -0.2) is 0 Å². The highest BCUT2D eigenvalue weighted by atomic mass is 79.9. The van der Waals surface area contributed by atoms with Gasteiger partial charge in [0.05, 0.1) is 0 Å². The van der Waals surface area contributed by atoms with Gasteiger partial charge in [-0.05, 0) is 60.1 Å². The van der Waals surface area contributed by atoms with E-state index in [-0.39, 0.29) is 6.04 Å². The van der Waals surface area contributed by atoms with Gasteiger partial charge in [0, 0.05) is 10.5 Å². The molecule has 19 heavy (non-hydrogen) atoms. The van der Waals surface area contributed by atoms with E-state index in [0.29, 0.717) is 0 Å². The number of aryl methyl sites for hydroxylation is 2. The zero-order chi connectivity index (χ0) is 13.2. The second-order valence-electron chi connectivity index (χ2n) is 5.32. The van der Waals surface area contributed by atoms with E-state index in [2.05, 4.69) is 52.3 Å². The van der Waals surface area contributed by atoms with Crippen LogP contribution in [0.25, 0.3) is 0 Å². The van der Waals surface area contributed by atoms with Gasteiger partial charge >= 0.3 is 0 Å². The van der Waals surface area contributed by atoms with Crippen LogP contribution in [-0.2, 0) is 19.3 Å². The monoisotopic (exact) mass is 315 g/mol. The third kappa shape index (κ3) is 2.90. The topological polar surface area (TPSA) is 26.0 Å². The Morgan fingerprint density at radius 3 is 2.74 bits per heavy atom. The first-order valence-corrected chi connectivity index (χ1v) is 7.63. The number of fused-ring (bicyclic) bond motifs is 1. The molecule has 0 bridgehead atoms. The maximum atomic E-state index is 6.36. The summed E-state index contributed by atoms with van der Waals surface area (Å²) in [6, 6.07) is 15.3. The van der Waals surface area contributed by atoms with Crippen molar-refractivity contribution in [3.63, 3.8) is 0 Å². The lowest BCUT2D eigenvalue weighted by Gasteiger charge is -2.14. The molecule has 1 aliphatic rings. The molecule has 0 amide bonds. The zero-order valence-electron chi connectivity index (χ0n) is 10.9. The van der Waals surface area contributed by atoms with Crippen LogP contribution in [-0.4, -0.2) is 0 Å². The molecule has 2 aromatic carbocycles. The molecular formula is C17H18BrN. The fourth-order valence-corrected chi connectivity index (χ4v) is 3.30. The molecule has 2 aromatic rings. The van der Waals surface area contributed by atoms with E-state index in [0.717, 1.165) is 10.9 Å². The van der Waals surface area contributed by atoms with Crippen molar-refractivity contribution in [2.24, 2.45) is 5.73 Å². The molecule has 0 heterocycles. The highest BCUT2D eigenvalue weighted by Gasteiger charge is 2.14. The van der Waals surface area contributed by atoms with Crippen LogP contribution in [0.1, 0.15) is 34.7 Å². The minimum Gasteiger partial charge on any atom is -0.324 e. The molecule has 1 nitrogen and oxygen atoms in total. The molecule has 3 rings (SSSR count). The first-order chi connectivity index (χ1) is 9.22. The standard InChI is InChI=1S/C17H18BrN/c18-16-6-1-3-12(9-16)10-17(19)15-8-7-13-4-2-5-14(13)11-15/h1,3,6-9,11,17H,2,4-5,10,19H2. The van der Waals surface area contributed by atoms with Crippen LogP contribution in [0, 0.1) is 0 Å². The Hall–Kier alpha value is -1.12. The second-order valence-corrected chi connectivity index (χ2v) is 6.24. The minimum atomic E-state index is 0.0835. The summed E-state index contributed by atoms with van der Waals surface area (Å²) in [5.41, 5.74) is 11.9. The summed E-state index contributed by atoms with van der Waals surface area (Å²) < 4.78 is 1.12. The Bertz CT molecular complexity index is 592. The lowest BCUT2D eigenvalue weighted by molar-refractivity contribution is 0.720. The van der Waals surface area contributed by atoms with E-state index in [9.17, 15) is 0 Å². The number of rotatable bonds is 3. The van der Waals surface area contributed by atoms with Crippen LogP contribution >= 0.6 is 15.9 Å². The van der Waals surface area contributed by atoms with Crippen LogP contribution in [0.5, 0.6) is 0 Å². The van der Waals surface area contributed by atoms with E-state index in [1.165, 1.54) is 41.5 Å². The third-order valence-corrected chi connectivity index (χ3v) is 4.39. The van der Waals surface area contributed by atoms with Crippen molar-refractivity contribution in [2.45, 2.75) is 31.7 Å². The number of hydrogen-bond donors (Lipinski definition) is 1. The molecule has 0 saturated carbocycles. The van der Waals surface area contributed by atoms with Crippen LogP contribution < -0.4 is 5.73 Å². The van der Waals surface area contributed by atoms with Gasteiger partial charge in [0.2, 0.25) is 0 Å². The molecule has 1 aliphatic carbocycles. The third-order valence-electron chi connectivity index (χ3n) is 3.90. The van der Waals surface area contributed by atoms with E-state index in [1.807, 2.05) is 6.07 Å². The molecule has 1 atom stereocenters. The molecule has 2 heteroatoms. The van der Waals surface area contributed by atoms with Gasteiger partial charge in [-0.15, -0.1) is 0 Å². The average molecular weight is 316 g/mol. The summed E-state index contributed by atoms with van der Waals surface area (Å²) in [6.45, 7) is 0. The van der Waals surface area contributed by atoms with Gasteiger partial charge in [0.1, 0.15) is 0 Å². The molecular weight excluding hydrogens is 298 g/mol. The minimum absolute atomic E-state index is 0.0835. The molecule has 1 unspecified atom stereocenters. The van der Waals surface area contributed by atoms with E-state index < -0.39 is 0 Å². The molecule has 0 radical (unpaired) electrons. The fraction of sp³-hybridized carbons (Fsp3) is 0.294. The lowest BCUT2D eigenvalue weighted by Crippen LogP contribution is -2.13. The maximum absolute atomic E-state index is 6.36. The largest absolute Gasteiger partial charge is 0.324 e. The highest BCUT2D eigenvalue weighted by Crippen LogP contribution is 2.26. The van der Waals surface area contributed by atoms with Gasteiger partial charge in [-0.1, -0.05) is 46.3 Å². The smallest absolute Gasteiger partial charge is 0.0335 e. The van der Waals surface area contributed by atoms with Crippen molar-refractivity contribution in [3.05, 3.63) is 69.2 Å².